The van der Waals surface area contributed by atoms with Crippen LogP contribution in [0.25, 0.3) is 0 Å². The van der Waals surface area contributed by atoms with Crippen molar-refractivity contribution in [1.29, 1.82) is 0 Å². The Kier molecular flexibility index (Phi) is 4.80. The van der Waals surface area contributed by atoms with Gasteiger partial charge in [-0.25, -0.2) is 0 Å². The van der Waals surface area contributed by atoms with E-state index in [0.717, 1.165) is 28.7 Å². The highest BCUT2D eigenvalue weighted by Gasteiger charge is 2.05. The number of benzene rings is 1. The summed E-state index contributed by atoms with van der Waals surface area (Å²) in [6.07, 6.45) is 5.40. The van der Waals surface area contributed by atoms with E-state index >= 15 is 0 Å². The Morgan fingerprint density at radius 1 is 1.32 bits per heavy atom. The normalized spacial score (nSPS) is 10.4. The minimum absolute atomic E-state index is 0.0672. The minimum Gasteiger partial charge on any atom is -0.354 e. The van der Waals surface area contributed by atoms with Crippen molar-refractivity contribution in [2.24, 2.45) is 0 Å². The molecule has 0 atom stereocenters. The fraction of sp³-hybridized carbons (Fsp3) is 0.267. The largest absolute Gasteiger partial charge is 0.354 e. The van der Waals surface area contributed by atoms with Crippen LogP contribution >= 0.6 is 15.9 Å². The highest BCUT2D eigenvalue weighted by molar-refractivity contribution is 9.10. The van der Waals surface area contributed by atoms with E-state index in [4.69, 9.17) is 0 Å². The minimum atomic E-state index is 0.0672. The molecule has 1 aromatic carbocycles. The molecule has 19 heavy (non-hydrogen) atoms. The number of carbonyl (C=O) groups excluding carboxylic acids is 1. The van der Waals surface area contributed by atoms with Crippen molar-refractivity contribution in [2.75, 3.05) is 5.32 Å². The quantitative estimate of drug-likeness (QED) is 0.888. The first-order chi connectivity index (χ1) is 9.15. The summed E-state index contributed by atoms with van der Waals surface area (Å²) in [6, 6.07) is 9.83. The average Bonchev–Trinajstić information content (AvgIpc) is 2.86. The molecule has 0 fully saturated rings. The lowest BCUT2D eigenvalue weighted by molar-refractivity contribution is -0.116. The first-order valence-corrected chi connectivity index (χ1v) is 7.11. The maximum Gasteiger partial charge on any atom is 0.224 e. The molecule has 2 aromatic rings. The maximum absolute atomic E-state index is 11.8. The highest BCUT2D eigenvalue weighted by atomic mass is 79.9. The van der Waals surface area contributed by atoms with Gasteiger partial charge in [-0.1, -0.05) is 15.9 Å². The van der Waals surface area contributed by atoms with Gasteiger partial charge in [0, 0.05) is 35.5 Å². The molecular weight excluding hydrogens is 304 g/mol. The summed E-state index contributed by atoms with van der Waals surface area (Å²) in [4.78, 5) is 11.8. The second-order valence-corrected chi connectivity index (χ2v) is 5.45. The number of nitrogens with one attached hydrogen (secondary N) is 1. The lowest BCUT2D eigenvalue weighted by Gasteiger charge is -2.09. The zero-order chi connectivity index (χ0) is 13.7. The number of rotatable bonds is 5. The second kappa shape index (κ2) is 6.57. The van der Waals surface area contributed by atoms with Crippen LogP contribution in [0.2, 0.25) is 0 Å². The highest BCUT2D eigenvalue weighted by Crippen LogP contribution is 2.20. The van der Waals surface area contributed by atoms with Crippen molar-refractivity contribution in [3.63, 3.8) is 0 Å². The molecule has 0 aliphatic carbocycles. The molecule has 0 bridgehead atoms. The smallest absolute Gasteiger partial charge is 0.224 e. The Morgan fingerprint density at radius 2 is 2.05 bits per heavy atom. The van der Waals surface area contributed by atoms with Crippen molar-refractivity contribution >= 4 is 27.5 Å². The number of hydrogen-bond acceptors (Lipinski definition) is 1. The van der Waals surface area contributed by atoms with Gasteiger partial charge >= 0.3 is 0 Å². The van der Waals surface area contributed by atoms with Crippen LogP contribution in [-0.2, 0) is 11.3 Å². The summed E-state index contributed by atoms with van der Waals surface area (Å²) in [7, 11) is 0. The van der Waals surface area contributed by atoms with E-state index in [2.05, 4.69) is 25.8 Å². The van der Waals surface area contributed by atoms with E-state index in [1.54, 1.807) is 0 Å². The van der Waals surface area contributed by atoms with E-state index < -0.39 is 0 Å². The monoisotopic (exact) mass is 320 g/mol. The molecule has 0 unspecified atom stereocenters. The Hall–Kier alpha value is -1.55. The Morgan fingerprint density at radius 3 is 2.74 bits per heavy atom. The molecule has 1 N–H and O–H groups in total. The molecule has 3 nitrogen and oxygen atoms in total. The van der Waals surface area contributed by atoms with Gasteiger partial charge in [0.1, 0.15) is 0 Å². The molecule has 0 saturated heterocycles. The fourth-order valence-electron chi connectivity index (χ4n) is 1.92. The van der Waals surface area contributed by atoms with Gasteiger partial charge < -0.3 is 9.88 Å². The number of halogens is 1. The molecule has 0 saturated carbocycles. The number of anilines is 1. The second-order valence-electron chi connectivity index (χ2n) is 4.53. The Bertz CT molecular complexity index is 549. The molecule has 2 rings (SSSR count). The number of nitrogens with zero attached hydrogens (tertiary/aromatic N) is 1. The standard InChI is InChI=1S/C15H17BrN2O/c1-12-11-13(16)6-7-14(12)17-15(19)5-4-10-18-8-2-3-9-18/h2-3,6-9,11H,4-5,10H2,1H3,(H,17,19). The molecular formula is C15H17BrN2O. The van der Waals surface area contributed by atoms with E-state index in [1.807, 2.05) is 49.6 Å². The van der Waals surface area contributed by atoms with E-state index in [1.165, 1.54) is 0 Å². The van der Waals surface area contributed by atoms with Gasteiger partial charge in [0.25, 0.3) is 0 Å². The molecule has 1 amide bonds. The zero-order valence-electron chi connectivity index (χ0n) is 10.9. The molecule has 0 aliphatic heterocycles. The van der Waals surface area contributed by atoms with Crippen molar-refractivity contribution in [2.45, 2.75) is 26.3 Å². The third-order valence-corrected chi connectivity index (χ3v) is 3.44. The fourth-order valence-corrected chi connectivity index (χ4v) is 2.40. The first kappa shape index (κ1) is 13.9. The summed E-state index contributed by atoms with van der Waals surface area (Å²) in [5.74, 6) is 0.0672. The van der Waals surface area contributed by atoms with Crippen LogP contribution in [0.3, 0.4) is 0 Å². The predicted molar refractivity (Wildman–Crippen MR) is 81.2 cm³/mol. The number of carbonyl (C=O) groups is 1. The molecule has 1 heterocycles. The molecule has 0 aliphatic rings. The van der Waals surface area contributed by atoms with Gasteiger partial charge in [0.15, 0.2) is 0 Å². The third kappa shape index (κ3) is 4.24. The summed E-state index contributed by atoms with van der Waals surface area (Å²) >= 11 is 3.41. The maximum atomic E-state index is 11.8. The van der Waals surface area contributed by atoms with Gasteiger partial charge in [-0.2, -0.15) is 0 Å². The van der Waals surface area contributed by atoms with E-state index in [9.17, 15) is 4.79 Å². The predicted octanol–water partition coefficient (Wildman–Crippen LogP) is 3.98. The topological polar surface area (TPSA) is 34.0 Å². The van der Waals surface area contributed by atoms with Crippen LogP contribution in [0, 0.1) is 6.92 Å². The van der Waals surface area contributed by atoms with Crippen LogP contribution in [0.4, 0.5) is 5.69 Å². The van der Waals surface area contributed by atoms with Crippen molar-refractivity contribution < 1.29 is 4.79 Å². The van der Waals surface area contributed by atoms with Gasteiger partial charge in [0.2, 0.25) is 5.91 Å². The van der Waals surface area contributed by atoms with Crippen LogP contribution in [0.5, 0.6) is 0 Å². The summed E-state index contributed by atoms with van der Waals surface area (Å²) in [5, 5.41) is 2.95. The molecule has 4 heteroatoms. The molecule has 0 radical (unpaired) electrons. The van der Waals surface area contributed by atoms with Crippen molar-refractivity contribution in [3.8, 4) is 0 Å². The van der Waals surface area contributed by atoms with Crippen LogP contribution in [-0.4, -0.2) is 10.5 Å². The van der Waals surface area contributed by atoms with Crippen molar-refractivity contribution in [3.05, 3.63) is 52.8 Å². The molecule has 1 aromatic heterocycles. The zero-order valence-corrected chi connectivity index (χ0v) is 12.5. The summed E-state index contributed by atoms with van der Waals surface area (Å²) in [6.45, 7) is 2.86. The lowest BCUT2D eigenvalue weighted by Crippen LogP contribution is -2.13. The number of aromatic nitrogens is 1. The van der Waals surface area contributed by atoms with Gasteiger partial charge in [-0.15, -0.1) is 0 Å². The summed E-state index contributed by atoms with van der Waals surface area (Å²) < 4.78 is 3.11. The van der Waals surface area contributed by atoms with Crippen LogP contribution in [0.1, 0.15) is 18.4 Å². The van der Waals surface area contributed by atoms with E-state index in [0.29, 0.717) is 6.42 Å². The Labute approximate surface area is 121 Å². The van der Waals surface area contributed by atoms with E-state index in [-0.39, 0.29) is 5.91 Å². The van der Waals surface area contributed by atoms with Crippen molar-refractivity contribution in [1.82, 2.24) is 4.57 Å². The number of hydrogen-bond donors (Lipinski definition) is 1. The average molecular weight is 321 g/mol. The SMILES string of the molecule is Cc1cc(Br)ccc1NC(=O)CCCn1cccc1. The third-order valence-electron chi connectivity index (χ3n) is 2.95. The lowest BCUT2D eigenvalue weighted by atomic mass is 10.2. The molecule has 100 valence electrons. The number of amides is 1. The first-order valence-electron chi connectivity index (χ1n) is 6.32. The Balaban J connectivity index is 1.80. The number of aryl methyl sites for hydroxylation is 2. The molecule has 0 spiro atoms. The van der Waals surface area contributed by atoms with Crippen LogP contribution < -0.4 is 5.32 Å². The summed E-state index contributed by atoms with van der Waals surface area (Å²) in [5.41, 5.74) is 1.95. The van der Waals surface area contributed by atoms with Gasteiger partial charge in [0.05, 0.1) is 0 Å². The van der Waals surface area contributed by atoms with Crippen LogP contribution in [0.15, 0.2) is 47.2 Å². The van der Waals surface area contributed by atoms with Gasteiger partial charge in [-0.05, 0) is 49.2 Å². The van der Waals surface area contributed by atoms with Gasteiger partial charge in [-0.3, -0.25) is 4.79 Å².